The van der Waals surface area contributed by atoms with Crippen LogP contribution in [0.4, 0.5) is 22.4 Å². The van der Waals surface area contributed by atoms with Crippen molar-refractivity contribution in [2.75, 3.05) is 20.7 Å². The molecule has 2 rings (SSSR count). The molecule has 0 unspecified atom stereocenters. The molecular weight excluding hydrogens is 516 g/mol. The molecule has 14 heteroatoms. The van der Waals surface area contributed by atoms with Crippen molar-refractivity contribution in [3.05, 3.63) is 0 Å². The Morgan fingerprint density at radius 3 is 2.18 bits per heavy atom. The zero-order valence-electron chi connectivity index (χ0n) is 22.3. The van der Waals surface area contributed by atoms with Crippen LogP contribution in [0.3, 0.4) is 0 Å². The molecule has 1 heterocycles. The van der Waals surface area contributed by atoms with Gasteiger partial charge >= 0.3 is 6.09 Å². The average molecular weight is 553 g/mol. The molecule has 10 nitrogen and oxygen atoms in total. The summed E-state index contributed by atoms with van der Waals surface area (Å²) in [5.41, 5.74) is -0.920. The first-order valence-corrected chi connectivity index (χ1v) is 12.3. The van der Waals surface area contributed by atoms with Crippen LogP contribution in [0.15, 0.2) is 0 Å². The van der Waals surface area contributed by atoms with Gasteiger partial charge in [0.1, 0.15) is 12.1 Å². The molecule has 0 aromatic carbocycles. The minimum atomic E-state index is -3.21. The van der Waals surface area contributed by atoms with Crippen LogP contribution < -0.4 is 16.0 Å². The number of carbonyl (C=O) groups is 5. The highest BCUT2D eigenvalue weighted by Gasteiger charge is 2.61. The standard InChI is InChI=1S/C24H36F4N4O6/c1-22(2,3)17(31-21(37)38-6)20(36)32-11-13-12(7-10-24(13,27)28)15(32)18(34)30-14(8-9-23(4,25)26)16(33)19(35)29-5/h12-15,17H,7-11H2,1-6H3,(H,29,35)(H,30,34)(H,31,37)/t12-,13-,14-,15-,17+/m0/s1. The Morgan fingerprint density at radius 2 is 1.68 bits per heavy atom. The number of fused-ring (bicyclic) bond motifs is 1. The maximum absolute atomic E-state index is 14.7. The molecule has 5 atom stereocenters. The number of ether oxygens (including phenoxy) is 1. The molecule has 0 aromatic rings. The molecule has 38 heavy (non-hydrogen) atoms. The lowest BCUT2D eigenvalue weighted by Crippen LogP contribution is -2.60. The lowest BCUT2D eigenvalue weighted by Gasteiger charge is -2.36. The summed E-state index contributed by atoms with van der Waals surface area (Å²) in [5.74, 6) is -12.9. The molecule has 0 radical (unpaired) electrons. The van der Waals surface area contributed by atoms with E-state index < -0.39 is 103 Å². The maximum atomic E-state index is 14.7. The summed E-state index contributed by atoms with van der Waals surface area (Å²) in [4.78, 5) is 64.5. The summed E-state index contributed by atoms with van der Waals surface area (Å²) in [7, 11) is 2.23. The second-order valence-corrected chi connectivity index (χ2v) is 11.1. The van der Waals surface area contributed by atoms with E-state index in [4.69, 9.17) is 0 Å². The molecule has 4 amide bonds. The zero-order valence-corrected chi connectivity index (χ0v) is 22.3. The van der Waals surface area contributed by atoms with Crippen molar-refractivity contribution in [2.45, 2.75) is 83.3 Å². The average Bonchev–Trinajstić information content (AvgIpc) is 3.34. The van der Waals surface area contributed by atoms with E-state index in [1.807, 2.05) is 0 Å². The number of hydrogen-bond donors (Lipinski definition) is 3. The van der Waals surface area contributed by atoms with Gasteiger partial charge in [-0.25, -0.2) is 22.4 Å². The third-order valence-corrected chi connectivity index (χ3v) is 7.07. The van der Waals surface area contributed by atoms with Crippen LogP contribution in [-0.4, -0.2) is 85.2 Å². The third kappa shape index (κ3) is 7.13. The van der Waals surface area contributed by atoms with E-state index in [0.29, 0.717) is 6.92 Å². The van der Waals surface area contributed by atoms with Gasteiger partial charge in [0.25, 0.3) is 11.8 Å². The van der Waals surface area contributed by atoms with Gasteiger partial charge in [-0.05, 0) is 31.1 Å². The number of carbonyl (C=O) groups excluding carboxylic acids is 5. The van der Waals surface area contributed by atoms with Gasteiger partial charge in [0, 0.05) is 32.4 Å². The van der Waals surface area contributed by atoms with Crippen molar-refractivity contribution in [1.82, 2.24) is 20.9 Å². The van der Waals surface area contributed by atoms with Crippen LogP contribution in [0.1, 0.15) is 53.4 Å². The summed E-state index contributed by atoms with van der Waals surface area (Å²) in [5, 5.41) is 6.73. The zero-order chi connectivity index (χ0) is 29.2. The van der Waals surface area contributed by atoms with Gasteiger partial charge < -0.3 is 25.6 Å². The van der Waals surface area contributed by atoms with Crippen LogP contribution in [0.2, 0.25) is 0 Å². The number of amides is 4. The van der Waals surface area contributed by atoms with Crippen LogP contribution in [0.5, 0.6) is 0 Å². The Kier molecular flexibility index (Phi) is 9.42. The summed E-state index contributed by atoms with van der Waals surface area (Å²) in [6.45, 7) is 4.98. The quantitative estimate of drug-likeness (QED) is 0.295. The minimum Gasteiger partial charge on any atom is -0.453 e. The molecular formula is C24H36F4N4O6. The van der Waals surface area contributed by atoms with Crippen LogP contribution in [0, 0.1) is 17.3 Å². The van der Waals surface area contributed by atoms with E-state index in [1.54, 1.807) is 20.8 Å². The summed E-state index contributed by atoms with van der Waals surface area (Å²) < 4.78 is 61.1. The molecule has 0 aromatic heterocycles. The van der Waals surface area contributed by atoms with Crippen molar-refractivity contribution in [3.8, 4) is 0 Å². The number of nitrogens with zero attached hydrogens (tertiary/aromatic N) is 1. The lowest BCUT2D eigenvalue weighted by atomic mass is 9.85. The van der Waals surface area contributed by atoms with Crippen LogP contribution >= 0.6 is 0 Å². The number of nitrogens with one attached hydrogen (secondary N) is 3. The topological polar surface area (TPSA) is 134 Å². The van der Waals surface area contributed by atoms with Crippen molar-refractivity contribution in [2.24, 2.45) is 17.3 Å². The highest BCUT2D eigenvalue weighted by Crippen LogP contribution is 2.51. The van der Waals surface area contributed by atoms with E-state index in [1.165, 1.54) is 0 Å². The predicted octanol–water partition coefficient (Wildman–Crippen LogP) is 1.86. The molecule has 0 bridgehead atoms. The molecule has 1 saturated carbocycles. The van der Waals surface area contributed by atoms with Crippen LogP contribution in [0.25, 0.3) is 0 Å². The third-order valence-electron chi connectivity index (χ3n) is 7.07. The van der Waals surface area contributed by atoms with E-state index in [-0.39, 0.29) is 6.42 Å². The van der Waals surface area contributed by atoms with E-state index >= 15 is 0 Å². The number of methoxy groups -OCH3 is 1. The Balaban J connectivity index is 2.43. The fraction of sp³-hybridized carbons (Fsp3) is 0.792. The van der Waals surface area contributed by atoms with Gasteiger partial charge in [0.15, 0.2) is 0 Å². The fourth-order valence-electron chi connectivity index (χ4n) is 5.02. The molecule has 1 saturated heterocycles. The normalized spacial score (nSPS) is 24.2. The van der Waals surface area contributed by atoms with Gasteiger partial charge in [-0.3, -0.25) is 19.2 Å². The first-order chi connectivity index (χ1) is 17.3. The Labute approximate surface area is 218 Å². The largest absolute Gasteiger partial charge is 0.453 e. The molecule has 1 aliphatic carbocycles. The smallest absolute Gasteiger partial charge is 0.407 e. The molecule has 2 fully saturated rings. The number of likely N-dealkylation sites (tertiary alicyclic amines) is 1. The minimum absolute atomic E-state index is 0.106. The number of alkyl halides is 4. The van der Waals surface area contributed by atoms with Crippen LogP contribution in [-0.2, 0) is 23.9 Å². The molecule has 3 N–H and O–H groups in total. The van der Waals surface area contributed by atoms with E-state index in [0.717, 1.165) is 19.1 Å². The second-order valence-electron chi connectivity index (χ2n) is 11.1. The molecule has 0 spiro atoms. The van der Waals surface area contributed by atoms with E-state index in [2.05, 4.69) is 20.7 Å². The molecule has 2 aliphatic rings. The number of rotatable bonds is 9. The molecule has 216 valence electrons. The maximum Gasteiger partial charge on any atom is 0.407 e. The number of Topliss-reactive ketones (excluding diaryl/α,β-unsaturated/α-hetero) is 1. The van der Waals surface area contributed by atoms with Gasteiger partial charge in [0.2, 0.25) is 23.5 Å². The number of hydrogen-bond acceptors (Lipinski definition) is 6. The Bertz CT molecular complexity index is 949. The Morgan fingerprint density at radius 1 is 1.08 bits per heavy atom. The second kappa shape index (κ2) is 11.4. The van der Waals surface area contributed by atoms with Crippen molar-refractivity contribution in [1.29, 1.82) is 0 Å². The number of ketones is 1. The summed E-state index contributed by atoms with van der Waals surface area (Å²) in [6.07, 6.45) is -3.00. The van der Waals surface area contributed by atoms with Gasteiger partial charge in [-0.1, -0.05) is 20.8 Å². The highest BCUT2D eigenvalue weighted by atomic mass is 19.3. The summed E-state index contributed by atoms with van der Waals surface area (Å²) in [6, 6.07) is -4.41. The Hall–Kier alpha value is -2.93. The predicted molar refractivity (Wildman–Crippen MR) is 126 cm³/mol. The van der Waals surface area contributed by atoms with Gasteiger partial charge in [-0.15, -0.1) is 0 Å². The summed E-state index contributed by atoms with van der Waals surface area (Å²) >= 11 is 0. The first-order valence-electron chi connectivity index (χ1n) is 12.3. The SMILES string of the molecule is CNC(=O)C(=O)[C@H](CCC(C)(F)F)NC(=O)[C@@H]1[C@H]2CCC(F)(F)[C@H]2CN1C(=O)[C@@H](NC(=O)OC)C(C)(C)C. The number of likely N-dealkylation sites (N-methyl/N-ethyl adjacent to an activating group) is 1. The van der Waals surface area contributed by atoms with Gasteiger partial charge in [-0.2, -0.15) is 0 Å². The van der Waals surface area contributed by atoms with Gasteiger partial charge in [0.05, 0.1) is 13.2 Å². The molecule has 1 aliphatic heterocycles. The van der Waals surface area contributed by atoms with Crippen molar-refractivity contribution < 1.29 is 46.3 Å². The van der Waals surface area contributed by atoms with Crippen molar-refractivity contribution >= 4 is 29.6 Å². The van der Waals surface area contributed by atoms with E-state index in [9.17, 15) is 41.5 Å². The first kappa shape index (κ1) is 31.3. The lowest BCUT2D eigenvalue weighted by molar-refractivity contribution is -0.145. The number of halogens is 4. The monoisotopic (exact) mass is 552 g/mol. The fourth-order valence-corrected chi connectivity index (χ4v) is 5.02. The van der Waals surface area contributed by atoms with Crippen molar-refractivity contribution in [3.63, 3.8) is 0 Å². The number of alkyl carbamates (subject to hydrolysis) is 1. The highest BCUT2D eigenvalue weighted by molar-refractivity contribution is 6.38.